The molecule has 0 radical (unpaired) electrons. The average molecular weight is 194 g/mol. The zero-order chi connectivity index (χ0) is 10.6. The molecule has 0 bridgehead atoms. The predicted octanol–water partition coefficient (Wildman–Crippen LogP) is 2.17. The number of ether oxygens (including phenoxy) is 1. The van der Waals surface area contributed by atoms with E-state index in [0.29, 0.717) is 24.2 Å². The quantitative estimate of drug-likeness (QED) is 0.747. The van der Waals surface area contributed by atoms with E-state index >= 15 is 0 Å². The summed E-state index contributed by atoms with van der Waals surface area (Å²) in [6.07, 6.45) is 1.42. The van der Waals surface area contributed by atoms with Crippen molar-refractivity contribution in [1.29, 1.82) is 0 Å². The molecule has 1 aromatic rings. The zero-order valence-corrected chi connectivity index (χ0v) is 8.41. The van der Waals surface area contributed by atoms with Crippen molar-refractivity contribution >= 4 is 6.29 Å². The van der Waals surface area contributed by atoms with E-state index in [9.17, 15) is 9.90 Å². The number of aromatic hydroxyl groups is 1. The first-order valence-electron chi connectivity index (χ1n) is 4.66. The Balaban J connectivity index is 3.16. The molecule has 0 fully saturated rings. The van der Waals surface area contributed by atoms with Crippen molar-refractivity contribution in [1.82, 2.24) is 0 Å². The van der Waals surface area contributed by atoms with Crippen LogP contribution < -0.4 is 4.74 Å². The van der Waals surface area contributed by atoms with Gasteiger partial charge in [0.2, 0.25) is 0 Å². The Kier molecular flexibility index (Phi) is 3.51. The van der Waals surface area contributed by atoms with Gasteiger partial charge in [-0.1, -0.05) is 6.92 Å². The summed E-state index contributed by atoms with van der Waals surface area (Å²) in [7, 11) is 0. The fraction of sp³-hybridized carbons (Fsp3) is 0.364. The van der Waals surface area contributed by atoms with Crippen LogP contribution in [0, 0.1) is 0 Å². The second kappa shape index (κ2) is 4.65. The lowest BCUT2D eigenvalue weighted by atomic mass is 10.1. The van der Waals surface area contributed by atoms with E-state index in [0.717, 1.165) is 12.0 Å². The predicted molar refractivity (Wildman–Crippen MR) is 54.0 cm³/mol. The molecule has 0 aliphatic rings. The molecule has 0 amide bonds. The minimum atomic E-state index is -0.0272. The van der Waals surface area contributed by atoms with Crippen molar-refractivity contribution in [3.63, 3.8) is 0 Å². The van der Waals surface area contributed by atoms with Gasteiger partial charge in [0.05, 0.1) is 12.2 Å². The van der Waals surface area contributed by atoms with Crippen molar-refractivity contribution in [3.8, 4) is 11.5 Å². The molecule has 76 valence electrons. The molecule has 1 rings (SSSR count). The van der Waals surface area contributed by atoms with Crippen LogP contribution in [-0.4, -0.2) is 18.0 Å². The Hall–Kier alpha value is -1.51. The third-order valence-electron chi connectivity index (χ3n) is 2.02. The second-order valence-electron chi connectivity index (χ2n) is 2.92. The van der Waals surface area contributed by atoms with Crippen LogP contribution in [0.15, 0.2) is 12.1 Å². The molecule has 1 aromatic carbocycles. The highest BCUT2D eigenvalue weighted by molar-refractivity contribution is 5.80. The number of phenolic OH excluding ortho intramolecular Hbond substituents is 1. The summed E-state index contributed by atoms with van der Waals surface area (Å²) >= 11 is 0. The second-order valence-corrected chi connectivity index (χ2v) is 2.92. The fourth-order valence-corrected chi connectivity index (χ4v) is 1.29. The fourth-order valence-electron chi connectivity index (χ4n) is 1.29. The molecular weight excluding hydrogens is 180 g/mol. The molecule has 0 heterocycles. The van der Waals surface area contributed by atoms with Gasteiger partial charge in [0.15, 0.2) is 6.29 Å². The number of rotatable bonds is 4. The maximum absolute atomic E-state index is 10.6. The lowest BCUT2D eigenvalue weighted by molar-refractivity contribution is 0.112. The summed E-state index contributed by atoms with van der Waals surface area (Å²) in [6.45, 7) is 4.40. The van der Waals surface area contributed by atoms with E-state index in [1.54, 1.807) is 6.07 Å². The van der Waals surface area contributed by atoms with Crippen LogP contribution in [-0.2, 0) is 6.42 Å². The lowest BCUT2D eigenvalue weighted by Gasteiger charge is -2.10. The van der Waals surface area contributed by atoms with E-state index in [1.807, 2.05) is 13.8 Å². The van der Waals surface area contributed by atoms with Crippen LogP contribution >= 0.6 is 0 Å². The van der Waals surface area contributed by atoms with Gasteiger partial charge < -0.3 is 9.84 Å². The molecule has 0 aromatic heterocycles. The average Bonchev–Trinajstić information content (AvgIpc) is 2.19. The first kappa shape index (κ1) is 10.6. The Morgan fingerprint density at radius 3 is 2.64 bits per heavy atom. The van der Waals surface area contributed by atoms with Gasteiger partial charge in [0, 0.05) is 6.07 Å². The summed E-state index contributed by atoms with van der Waals surface area (Å²) in [5.74, 6) is 0.624. The Morgan fingerprint density at radius 2 is 2.14 bits per heavy atom. The highest BCUT2D eigenvalue weighted by Crippen LogP contribution is 2.27. The summed E-state index contributed by atoms with van der Waals surface area (Å²) < 4.78 is 5.33. The van der Waals surface area contributed by atoms with Gasteiger partial charge in [-0.3, -0.25) is 4.79 Å². The number of hydrogen-bond donors (Lipinski definition) is 1. The summed E-state index contributed by atoms with van der Waals surface area (Å²) in [5.41, 5.74) is 1.25. The third kappa shape index (κ3) is 2.05. The van der Waals surface area contributed by atoms with Crippen molar-refractivity contribution < 1.29 is 14.6 Å². The smallest absolute Gasteiger partial charge is 0.153 e. The van der Waals surface area contributed by atoms with E-state index in [2.05, 4.69) is 0 Å². The third-order valence-corrected chi connectivity index (χ3v) is 2.02. The summed E-state index contributed by atoms with van der Waals surface area (Å²) in [4.78, 5) is 10.6. The monoisotopic (exact) mass is 194 g/mol. The van der Waals surface area contributed by atoms with E-state index in [1.165, 1.54) is 6.07 Å². The Labute approximate surface area is 83.3 Å². The maximum atomic E-state index is 10.6. The van der Waals surface area contributed by atoms with Gasteiger partial charge in [0.1, 0.15) is 11.5 Å². The highest BCUT2D eigenvalue weighted by Gasteiger charge is 2.08. The van der Waals surface area contributed by atoms with Crippen molar-refractivity contribution in [2.24, 2.45) is 0 Å². The Bertz CT molecular complexity index is 332. The zero-order valence-electron chi connectivity index (χ0n) is 8.41. The van der Waals surface area contributed by atoms with Gasteiger partial charge in [0.25, 0.3) is 0 Å². The molecule has 0 saturated carbocycles. The largest absolute Gasteiger partial charge is 0.507 e. The topological polar surface area (TPSA) is 46.5 Å². The number of aryl methyl sites for hydroxylation is 1. The van der Waals surface area contributed by atoms with Crippen LogP contribution in [0.4, 0.5) is 0 Å². The number of carbonyl (C=O) groups is 1. The van der Waals surface area contributed by atoms with Crippen LogP contribution in [0.2, 0.25) is 0 Å². The first-order valence-corrected chi connectivity index (χ1v) is 4.66. The van der Waals surface area contributed by atoms with Gasteiger partial charge in [-0.25, -0.2) is 0 Å². The lowest BCUT2D eigenvalue weighted by Crippen LogP contribution is -1.97. The number of aldehydes is 1. The number of hydrogen-bond acceptors (Lipinski definition) is 3. The van der Waals surface area contributed by atoms with E-state index in [4.69, 9.17) is 4.74 Å². The van der Waals surface area contributed by atoms with Crippen LogP contribution in [0.1, 0.15) is 29.8 Å². The van der Waals surface area contributed by atoms with Crippen LogP contribution in [0.3, 0.4) is 0 Å². The molecule has 0 spiro atoms. The molecule has 3 nitrogen and oxygen atoms in total. The van der Waals surface area contributed by atoms with Crippen molar-refractivity contribution in [2.45, 2.75) is 20.3 Å². The SMILES string of the molecule is CCOc1cc(O)c(C=O)cc1CC. The number of carbonyl (C=O) groups excluding carboxylic acids is 1. The van der Waals surface area contributed by atoms with E-state index < -0.39 is 0 Å². The number of phenols is 1. The summed E-state index contributed by atoms with van der Waals surface area (Å²) in [6, 6.07) is 3.15. The molecule has 0 unspecified atom stereocenters. The molecule has 3 heteroatoms. The van der Waals surface area contributed by atoms with Crippen LogP contribution in [0.5, 0.6) is 11.5 Å². The highest BCUT2D eigenvalue weighted by atomic mass is 16.5. The minimum absolute atomic E-state index is 0.0272. The normalized spacial score (nSPS) is 9.86. The molecule has 0 atom stereocenters. The number of benzene rings is 1. The minimum Gasteiger partial charge on any atom is -0.507 e. The molecule has 0 aliphatic carbocycles. The first-order chi connectivity index (χ1) is 6.72. The van der Waals surface area contributed by atoms with Crippen molar-refractivity contribution in [2.75, 3.05) is 6.61 Å². The van der Waals surface area contributed by atoms with Crippen LogP contribution in [0.25, 0.3) is 0 Å². The van der Waals surface area contributed by atoms with E-state index in [-0.39, 0.29) is 5.75 Å². The molecule has 1 N–H and O–H groups in total. The molecule has 0 aliphatic heterocycles. The standard InChI is InChI=1S/C11H14O3/c1-3-8-5-9(7-12)10(13)6-11(8)14-4-2/h5-7,13H,3-4H2,1-2H3. The Morgan fingerprint density at radius 1 is 1.43 bits per heavy atom. The van der Waals surface area contributed by atoms with Crippen molar-refractivity contribution in [3.05, 3.63) is 23.3 Å². The molecular formula is C11H14O3. The maximum Gasteiger partial charge on any atom is 0.153 e. The molecule has 0 saturated heterocycles. The van der Waals surface area contributed by atoms with Gasteiger partial charge in [-0.15, -0.1) is 0 Å². The molecule has 14 heavy (non-hydrogen) atoms. The van der Waals surface area contributed by atoms with Gasteiger partial charge >= 0.3 is 0 Å². The van der Waals surface area contributed by atoms with Gasteiger partial charge in [-0.2, -0.15) is 0 Å². The summed E-state index contributed by atoms with van der Waals surface area (Å²) in [5, 5.41) is 9.43. The van der Waals surface area contributed by atoms with Gasteiger partial charge in [-0.05, 0) is 25.0 Å².